The normalized spacial score (nSPS) is 21.9. The summed E-state index contributed by atoms with van der Waals surface area (Å²) in [5.74, 6) is 0.898. The van der Waals surface area contributed by atoms with Crippen molar-refractivity contribution < 1.29 is 4.74 Å². The maximum Gasteiger partial charge on any atom is 0.163 e. The van der Waals surface area contributed by atoms with Gasteiger partial charge in [-0.05, 0) is 25.3 Å². The molecule has 0 N–H and O–H groups in total. The predicted octanol–water partition coefficient (Wildman–Crippen LogP) is 3.74. The van der Waals surface area contributed by atoms with Crippen molar-refractivity contribution in [2.75, 3.05) is 6.61 Å². The zero-order valence-electron chi connectivity index (χ0n) is 10.9. The lowest BCUT2D eigenvalue weighted by Crippen LogP contribution is -2.20. The zero-order chi connectivity index (χ0) is 13.5. The summed E-state index contributed by atoms with van der Waals surface area (Å²) in [6, 6.07) is 1.78. The molecule has 0 radical (unpaired) electrons. The molecule has 1 fully saturated rings. The van der Waals surface area contributed by atoms with Crippen LogP contribution in [0.25, 0.3) is 16.7 Å². The number of imidazole rings is 1. The zero-order valence-corrected chi connectivity index (χ0v) is 11.7. The molecule has 1 aliphatic carbocycles. The van der Waals surface area contributed by atoms with Gasteiger partial charge in [0.1, 0.15) is 17.6 Å². The molecule has 4 rings (SSSR count). The Morgan fingerprint density at radius 2 is 2.25 bits per heavy atom. The maximum atomic E-state index is 6.25. The van der Waals surface area contributed by atoms with E-state index in [0.717, 1.165) is 42.0 Å². The molecule has 0 amide bonds. The molecular weight excluding hydrogens is 274 g/mol. The number of rotatable bonds is 2. The number of fused-ring (bicyclic) bond motifs is 1. The Morgan fingerprint density at radius 1 is 1.35 bits per heavy atom. The van der Waals surface area contributed by atoms with Gasteiger partial charge in [0.25, 0.3) is 0 Å². The lowest BCUT2D eigenvalue weighted by Gasteiger charge is -2.26. The van der Waals surface area contributed by atoms with Gasteiger partial charge in [0.15, 0.2) is 5.65 Å². The van der Waals surface area contributed by atoms with Gasteiger partial charge in [-0.25, -0.2) is 9.97 Å². The van der Waals surface area contributed by atoms with E-state index < -0.39 is 0 Å². The van der Waals surface area contributed by atoms with Gasteiger partial charge in [0.05, 0.1) is 5.02 Å². The molecular formula is C15H14ClN3O. The largest absolute Gasteiger partial charge is 0.358 e. The number of halogens is 1. The molecule has 0 bridgehead atoms. The Balaban J connectivity index is 1.92. The predicted molar refractivity (Wildman–Crippen MR) is 78.5 cm³/mol. The van der Waals surface area contributed by atoms with Crippen LogP contribution in [0.3, 0.4) is 0 Å². The quantitative estimate of drug-likeness (QED) is 0.845. The van der Waals surface area contributed by atoms with Gasteiger partial charge in [0.2, 0.25) is 0 Å². The van der Waals surface area contributed by atoms with Crippen LogP contribution in [-0.4, -0.2) is 21.1 Å². The molecule has 1 unspecified atom stereocenters. The van der Waals surface area contributed by atoms with Crippen molar-refractivity contribution in [3.63, 3.8) is 0 Å². The van der Waals surface area contributed by atoms with E-state index in [9.17, 15) is 0 Å². The average molecular weight is 288 g/mol. The second-order valence-electron chi connectivity index (χ2n) is 5.07. The topological polar surface area (TPSA) is 39.9 Å². The van der Waals surface area contributed by atoms with Crippen LogP contribution < -0.4 is 0 Å². The van der Waals surface area contributed by atoms with E-state index >= 15 is 0 Å². The fourth-order valence-electron chi connectivity index (χ4n) is 2.71. The van der Waals surface area contributed by atoms with Crippen LogP contribution in [0.2, 0.25) is 5.02 Å². The highest BCUT2D eigenvalue weighted by molar-refractivity contribution is 6.34. The van der Waals surface area contributed by atoms with Crippen LogP contribution in [-0.2, 0) is 4.74 Å². The minimum atomic E-state index is 0.00427. The minimum Gasteiger partial charge on any atom is -0.358 e. The lowest BCUT2D eigenvalue weighted by atomic mass is 10.1. The number of nitrogens with zero attached hydrogens (tertiary/aromatic N) is 3. The first-order chi connectivity index (χ1) is 9.84. The van der Waals surface area contributed by atoms with Crippen LogP contribution in [0, 0.1) is 0 Å². The molecule has 5 heteroatoms. The number of allylic oxidation sites excluding steroid dienone is 4. The van der Waals surface area contributed by atoms with Gasteiger partial charge in [0, 0.05) is 18.4 Å². The van der Waals surface area contributed by atoms with Crippen LogP contribution >= 0.6 is 11.6 Å². The molecule has 2 aromatic heterocycles. The SMILES string of the molecule is Clc1ccnc2c1nc(C1=CC=C1)n2C1CCCCO1. The monoisotopic (exact) mass is 287 g/mol. The second-order valence-corrected chi connectivity index (χ2v) is 5.48. The fraction of sp³-hybridized carbons (Fsp3) is 0.333. The molecule has 20 heavy (non-hydrogen) atoms. The van der Waals surface area contributed by atoms with Crippen molar-refractivity contribution >= 4 is 28.3 Å². The molecule has 3 heterocycles. The molecule has 4 nitrogen and oxygen atoms in total. The van der Waals surface area contributed by atoms with E-state index in [0.29, 0.717) is 5.02 Å². The van der Waals surface area contributed by atoms with Gasteiger partial charge in [-0.3, -0.25) is 4.57 Å². The molecule has 1 saturated heterocycles. The second kappa shape index (κ2) is 4.72. The van der Waals surface area contributed by atoms with E-state index in [1.165, 1.54) is 6.42 Å². The first-order valence-electron chi connectivity index (χ1n) is 6.87. The van der Waals surface area contributed by atoms with Crippen LogP contribution in [0.1, 0.15) is 31.3 Å². The summed E-state index contributed by atoms with van der Waals surface area (Å²) in [5, 5.41) is 0.634. The number of hydrogen-bond acceptors (Lipinski definition) is 3. The Kier molecular flexibility index (Phi) is 2.86. The fourth-order valence-corrected chi connectivity index (χ4v) is 2.89. The van der Waals surface area contributed by atoms with Crippen molar-refractivity contribution in [2.24, 2.45) is 0 Å². The molecule has 0 aromatic carbocycles. The first-order valence-corrected chi connectivity index (χ1v) is 7.25. The molecule has 0 spiro atoms. The molecule has 102 valence electrons. The summed E-state index contributed by atoms with van der Waals surface area (Å²) < 4.78 is 8.01. The third kappa shape index (κ3) is 1.79. The van der Waals surface area contributed by atoms with E-state index in [1.54, 1.807) is 12.3 Å². The highest BCUT2D eigenvalue weighted by atomic mass is 35.5. The standard InChI is InChI=1S/C15H14ClN3O/c16-11-7-8-17-15-13(11)18-14(10-4-3-5-10)19(15)12-6-1-2-9-20-12/h3-5,7-8,12H,1-2,6,9H2. The van der Waals surface area contributed by atoms with Crippen molar-refractivity contribution in [2.45, 2.75) is 25.5 Å². The van der Waals surface area contributed by atoms with Gasteiger partial charge >= 0.3 is 0 Å². The van der Waals surface area contributed by atoms with Gasteiger partial charge < -0.3 is 4.74 Å². The van der Waals surface area contributed by atoms with E-state index in [1.807, 2.05) is 6.08 Å². The van der Waals surface area contributed by atoms with Crippen molar-refractivity contribution in [1.82, 2.24) is 14.5 Å². The summed E-state index contributed by atoms with van der Waals surface area (Å²) in [7, 11) is 0. The highest BCUT2D eigenvalue weighted by Gasteiger charge is 2.25. The van der Waals surface area contributed by atoms with E-state index in [-0.39, 0.29) is 6.23 Å². The smallest absolute Gasteiger partial charge is 0.163 e. The third-order valence-corrected chi connectivity index (χ3v) is 4.09. The Bertz CT molecular complexity index is 726. The summed E-state index contributed by atoms with van der Waals surface area (Å²) >= 11 is 6.25. The van der Waals surface area contributed by atoms with E-state index in [2.05, 4.69) is 26.7 Å². The molecule has 1 atom stereocenters. The van der Waals surface area contributed by atoms with Crippen LogP contribution in [0.15, 0.2) is 30.5 Å². The van der Waals surface area contributed by atoms with Crippen molar-refractivity contribution in [1.29, 1.82) is 0 Å². The van der Waals surface area contributed by atoms with Crippen LogP contribution in [0.5, 0.6) is 0 Å². The van der Waals surface area contributed by atoms with Gasteiger partial charge in [-0.15, -0.1) is 0 Å². The summed E-state index contributed by atoms with van der Waals surface area (Å²) in [6.45, 7) is 0.791. The Morgan fingerprint density at radius 3 is 2.95 bits per heavy atom. The molecule has 1 aliphatic heterocycles. The maximum absolute atomic E-state index is 6.25. The summed E-state index contributed by atoms with van der Waals surface area (Å²) in [6.07, 6.45) is 11.1. The third-order valence-electron chi connectivity index (χ3n) is 3.78. The van der Waals surface area contributed by atoms with Crippen molar-refractivity contribution in [3.05, 3.63) is 41.3 Å². The van der Waals surface area contributed by atoms with Crippen LogP contribution in [0.4, 0.5) is 0 Å². The number of aromatic nitrogens is 3. The minimum absolute atomic E-state index is 0.00427. The number of ether oxygens (including phenoxy) is 1. The highest BCUT2D eigenvalue weighted by Crippen LogP contribution is 2.34. The first kappa shape index (κ1) is 12.1. The molecule has 0 saturated carbocycles. The number of pyridine rings is 1. The Hall–Kier alpha value is -1.65. The Labute approximate surface area is 121 Å². The number of hydrogen-bond donors (Lipinski definition) is 0. The molecule has 2 aliphatic rings. The summed E-state index contributed by atoms with van der Waals surface area (Å²) in [5.41, 5.74) is 2.66. The van der Waals surface area contributed by atoms with Gasteiger partial charge in [-0.1, -0.05) is 29.8 Å². The average Bonchev–Trinajstić information content (AvgIpc) is 2.78. The molecule has 2 aromatic rings. The van der Waals surface area contributed by atoms with Gasteiger partial charge in [-0.2, -0.15) is 0 Å². The summed E-state index contributed by atoms with van der Waals surface area (Å²) in [4.78, 5) is 9.14. The lowest BCUT2D eigenvalue weighted by molar-refractivity contribution is -0.0302. The van der Waals surface area contributed by atoms with Crippen molar-refractivity contribution in [3.8, 4) is 0 Å². The van der Waals surface area contributed by atoms with E-state index in [4.69, 9.17) is 16.3 Å².